The van der Waals surface area contributed by atoms with E-state index in [2.05, 4.69) is 47.2 Å². The van der Waals surface area contributed by atoms with Crippen LogP contribution in [-0.2, 0) is 0 Å². The molecule has 4 heteroatoms. The molecule has 4 rings (SSSR count). The molecule has 26 heavy (non-hydrogen) atoms. The molecular weight excluding hydrogens is 356 g/mol. The largest absolute Gasteiger partial charge is 0.148 e. The molecule has 2 nitrogen and oxygen atoms in total. The second-order valence-electron chi connectivity index (χ2n) is 5.58. The van der Waals surface area contributed by atoms with Crippen LogP contribution in [0.5, 0.6) is 0 Å². The van der Waals surface area contributed by atoms with E-state index in [0.717, 1.165) is 32.3 Å². The number of nitrogens with zero attached hydrogens (tertiary/aromatic N) is 2. The van der Waals surface area contributed by atoms with E-state index in [-0.39, 0.29) is 0 Å². The fraction of sp³-hybridized carbons (Fsp3) is 0. The minimum atomic E-state index is 0.894. The van der Waals surface area contributed by atoms with Gasteiger partial charge in [0.15, 0.2) is 0 Å². The molecule has 0 spiro atoms. The Hall–Kier alpha value is -2.82. The summed E-state index contributed by atoms with van der Waals surface area (Å²) in [5, 5.41) is 13.5. The molecule has 126 valence electrons. The maximum atomic E-state index is 4.69. The number of hydrogen-bond acceptors (Lipinski definition) is 4. The molecule has 2 heterocycles. The normalized spacial score (nSPS) is 12.3. The molecular formula is C22H16N2S2. The van der Waals surface area contributed by atoms with Gasteiger partial charge >= 0.3 is 0 Å². The van der Waals surface area contributed by atoms with Crippen molar-refractivity contribution in [3.05, 3.63) is 117 Å². The standard InChI is InChI=1S/C22H16N2S2/c1-3-9-17(10-4-1)21(19-13-7-15-25-19)23-24-22(20-14-8-16-26-20)18-11-5-2-6-12-18/h1-16H/b23-21-,24-22+. The van der Waals surface area contributed by atoms with Crippen molar-refractivity contribution in [1.29, 1.82) is 0 Å². The van der Waals surface area contributed by atoms with Crippen molar-refractivity contribution in [2.24, 2.45) is 10.2 Å². The monoisotopic (exact) mass is 372 g/mol. The first-order valence-corrected chi connectivity index (χ1v) is 10.0. The number of rotatable bonds is 5. The van der Waals surface area contributed by atoms with Crippen LogP contribution in [-0.4, -0.2) is 11.4 Å². The molecule has 0 bridgehead atoms. The van der Waals surface area contributed by atoms with Gasteiger partial charge in [0.2, 0.25) is 0 Å². The van der Waals surface area contributed by atoms with Crippen molar-refractivity contribution < 1.29 is 0 Å². The molecule has 2 aromatic carbocycles. The Morgan fingerprint density at radius 3 is 1.27 bits per heavy atom. The zero-order valence-corrected chi connectivity index (χ0v) is 15.6. The average Bonchev–Trinajstić information content (AvgIpc) is 3.41. The number of hydrogen-bond donors (Lipinski definition) is 0. The summed E-state index contributed by atoms with van der Waals surface area (Å²) in [5.74, 6) is 0. The predicted octanol–water partition coefficient (Wildman–Crippen LogP) is 6.10. The van der Waals surface area contributed by atoms with Gasteiger partial charge in [-0.25, -0.2) is 0 Å². The Labute approximate surface area is 160 Å². The SMILES string of the molecule is c1ccc(/C(=N/N=C(\c2ccccc2)c2cccs2)c2cccs2)cc1. The molecule has 0 saturated carbocycles. The molecule has 0 aliphatic heterocycles. The number of benzene rings is 2. The van der Waals surface area contributed by atoms with Crippen LogP contribution in [0, 0.1) is 0 Å². The lowest BCUT2D eigenvalue weighted by Gasteiger charge is -2.05. The lowest BCUT2D eigenvalue weighted by Crippen LogP contribution is -2.03. The van der Waals surface area contributed by atoms with Gasteiger partial charge in [0, 0.05) is 11.1 Å². The smallest absolute Gasteiger partial charge is 0.110 e. The molecule has 0 N–H and O–H groups in total. The van der Waals surface area contributed by atoms with Gasteiger partial charge in [-0.05, 0) is 22.9 Å². The minimum absolute atomic E-state index is 0.894. The Morgan fingerprint density at radius 1 is 0.500 bits per heavy atom. The van der Waals surface area contributed by atoms with E-state index in [0.29, 0.717) is 0 Å². The van der Waals surface area contributed by atoms with Crippen LogP contribution in [0.4, 0.5) is 0 Å². The summed E-state index contributed by atoms with van der Waals surface area (Å²) in [6.45, 7) is 0. The van der Waals surface area contributed by atoms with Crippen molar-refractivity contribution in [2.45, 2.75) is 0 Å². The molecule has 0 radical (unpaired) electrons. The zero-order chi connectivity index (χ0) is 17.6. The van der Waals surface area contributed by atoms with E-state index in [1.54, 1.807) is 22.7 Å². The van der Waals surface area contributed by atoms with Crippen LogP contribution in [0.25, 0.3) is 0 Å². The first-order valence-electron chi connectivity index (χ1n) is 8.26. The van der Waals surface area contributed by atoms with Crippen LogP contribution in [0.2, 0.25) is 0 Å². The minimum Gasteiger partial charge on any atom is -0.148 e. The predicted molar refractivity (Wildman–Crippen MR) is 113 cm³/mol. The summed E-state index contributed by atoms with van der Waals surface area (Å²) in [6, 6.07) is 28.7. The lowest BCUT2D eigenvalue weighted by atomic mass is 10.1. The molecule has 0 aliphatic rings. The Bertz CT molecular complexity index is 915. The van der Waals surface area contributed by atoms with Crippen LogP contribution in [0.15, 0.2) is 106 Å². The highest BCUT2D eigenvalue weighted by Gasteiger charge is 2.11. The van der Waals surface area contributed by atoms with E-state index in [4.69, 9.17) is 10.2 Å². The Balaban J connectivity index is 1.84. The highest BCUT2D eigenvalue weighted by molar-refractivity contribution is 7.12. The second-order valence-corrected chi connectivity index (χ2v) is 7.48. The maximum absolute atomic E-state index is 4.69. The van der Waals surface area contributed by atoms with Crippen molar-refractivity contribution in [3.8, 4) is 0 Å². The van der Waals surface area contributed by atoms with E-state index in [1.807, 2.05) is 48.5 Å². The average molecular weight is 373 g/mol. The van der Waals surface area contributed by atoms with Crippen molar-refractivity contribution >= 4 is 34.1 Å². The van der Waals surface area contributed by atoms with E-state index < -0.39 is 0 Å². The van der Waals surface area contributed by atoms with E-state index in [1.165, 1.54) is 0 Å². The summed E-state index contributed by atoms with van der Waals surface area (Å²) in [6.07, 6.45) is 0. The first kappa shape index (κ1) is 16.6. The fourth-order valence-electron chi connectivity index (χ4n) is 2.62. The molecule has 0 unspecified atom stereocenters. The number of thiophene rings is 2. The summed E-state index contributed by atoms with van der Waals surface area (Å²) < 4.78 is 0. The van der Waals surface area contributed by atoms with E-state index >= 15 is 0 Å². The van der Waals surface area contributed by atoms with Crippen molar-refractivity contribution in [2.75, 3.05) is 0 Å². The summed E-state index contributed by atoms with van der Waals surface area (Å²) in [7, 11) is 0. The Morgan fingerprint density at radius 2 is 0.923 bits per heavy atom. The quantitative estimate of drug-likeness (QED) is 0.299. The molecule has 0 amide bonds. The van der Waals surface area contributed by atoms with Crippen molar-refractivity contribution in [3.63, 3.8) is 0 Å². The van der Waals surface area contributed by atoms with Crippen LogP contribution in [0.3, 0.4) is 0 Å². The first-order chi connectivity index (χ1) is 12.9. The second kappa shape index (κ2) is 8.04. The molecule has 2 aromatic heterocycles. The third-order valence-electron chi connectivity index (χ3n) is 3.85. The molecule has 0 atom stereocenters. The summed E-state index contributed by atoms with van der Waals surface area (Å²) in [4.78, 5) is 2.22. The van der Waals surface area contributed by atoms with Gasteiger partial charge in [0.1, 0.15) is 11.4 Å². The van der Waals surface area contributed by atoms with Crippen molar-refractivity contribution in [1.82, 2.24) is 0 Å². The highest BCUT2D eigenvalue weighted by Crippen LogP contribution is 2.19. The van der Waals surface area contributed by atoms with Crippen LogP contribution in [0.1, 0.15) is 20.9 Å². The van der Waals surface area contributed by atoms with Gasteiger partial charge in [-0.15, -0.1) is 32.9 Å². The van der Waals surface area contributed by atoms with E-state index in [9.17, 15) is 0 Å². The molecule has 4 aromatic rings. The Kier molecular flexibility index (Phi) is 5.14. The fourth-order valence-corrected chi connectivity index (χ4v) is 4.08. The third kappa shape index (κ3) is 3.72. The van der Waals surface area contributed by atoms with Gasteiger partial charge in [-0.2, -0.15) is 0 Å². The van der Waals surface area contributed by atoms with Crippen LogP contribution >= 0.6 is 22.7 Å². The maximum Gasteiger partial charge on any atom is 0.110 e. The molecule has 0 saturated heterocycles. The molecule has 0 fully saturated rings. The summed E-state index contributed by atoms with van der Waals surface area (Å²) >= 11 is 3.35. The third-order valence-corrected chi connectivity index (χ3v) is 5.61. The summed E-state index contributed by atoms with van der Waals surface area (Å²) in [5.41, 5.74) is 3.92. The molecule has 0 aliphatic carbocycles. The van der Waals surface area contributed by atoms with Gasteiger partial charge < -0.3 is 0 Å². The lowest BCUT2D eigenvalue weighted by molar-refractivity contribution is 1.23. The highest BCUT2D eigenvalue weighted by atomic mass is 32.1. The van der Waals surface area contributed by atoms with Gasteiger partial charge in [-0.3, -0.25) is 0 Å². The zero-order valence-electron chi connectivity index (χ0n) is 13.9. The van der Waals surface area contributed by atoms with Gasteiger partial charge in [0.25, 0.3) is 0 Å². The topological polar surface area (TPSA) is 24.7 Å². The van der Waals surface area contributed by atoms with Gasteiger partial charge in [0.05, 0.1) is 9.75 Å². The van der Waals surface area contributed by atoms with Crippen LogP contribution < -0.4 is 0 Å². The van der Waals surface area contributed by atoms with Gasteiger partial charge in [-0.1, -0.05) is 72.8 Å².